The van der Waals surface area contributed by atoms with Crippen LogP contribution < -0.4 is 78.1 Å². The fraction of sp³-hybridized carbons (Fsp3) is 0.200. The predicted octanol–water partition coefficient (Wildman–Crippen LogP) is 16.5. The molecule has 0 radical (unpaired) electrons. The van der Waals surface area contributed by atoms with Crippen molar-refractivity contribution in [1.29, 1.82) is 0 Å². The molecule has 0 saturated heterocycles. The highest BCUT2D eigenvalue weighted by Gasteiger charge is 2.76. The molecule has 4 spiro atoms. The van der Waals surface area contributed by atoms with Crippen LogP contribution in [0.3, 0.4) is 0 Å². The first-order chi connectivity index (χ1) is 69.8. The van der Waals surface area contributed by atoms with E-state index in [1.54, 1.807) is 48.5 Å². The summed E-state index contributed by atoms with van der Waals surface area (Å²) in [4.78, 5) is 228. The van der Waals surface area contributed by atoms with E-state index in [1.165, 1.54) is 225 Å². The van der Waals surface area contributed by atoms with Crippen molar-refractivity contribution in [2.75, 3.05) is 21.3 Å². The quantitative estimate of drug-likeness (QED) is 0.0396. The standard InChI is InChI=1S/C110H76N4O32/c1-51(115)131-63-13-25-79-87(37-63)139-88-38-64(132-52(2)116)14-26-80(88)107(79)75-21-9-59(33-71(75)95(123)143-107)111-99(127)103-45-104(100(128)112-60-10-22-76-72(34-60)96(124)144-108(76)81-27-15-65(133-53(3)117)39-89(81)140-90-40-66(134-54(4)118)16-28-82(90)108)48-105(46-103,101(129)113-61-11-23-77-73(35-61)97(125)145-109(77)83-29-17-67(135-55(5)119)41-91(83)141-92-42-68(136-56(6)120)18-30-84(92)109)50-106(47-103,49-104)102(130)114-62-12-24-78-74(36-62)98(126)146-110(78)85-31-19-69(137-57(7)121)43-93(85)142-94-44-70(138-58(8)122)20-32-86(94)110/h9-44H,45-50H2,1-8H3,(H,111,127)(H,112,128)(H,113,129)(H,114,130). The second-order valence-electron chi connectivity index (χ2n) is 37.7. The van der Waals surface area contributed by atoms with Crippen LogP contribution in [0.2, 0.25) is 0 Å². The number of hydrogen-bond donors (Lipinski definition) is 4. The molecule has 0 unspecified atom stereocenters. The minimum atomic E-state index is -2.05. The van der Waals surface area contributed by atoms with Crippen LogP contribution in [0.5, 0.6) is 92.0 Å². The third kappa shape index (κ3) is 14.2. The zero-order valence-corrected chi connectivity index (χ0v) is 78.1. The fourth-order valence-corrected chi connectivity index (χ4v) is 23.6. The highest BCUT2D eigenvalue weighted by atomic mass is 16.6. The van der Waals surface area contributed by atoms with Gasteiger partial charge in [-0.3, -0.25) is 57.5 Å². The van der Waals surface area contributed by atoms with Crippen LogP contribution >= 0.6 is 0 Å². The Morgan fingerprint density at radius 3 is 0.493 bits per heavy atom. The molecule has 24 rings (SSSR count). The average Bonchev–Trinajstić information content (AvgIpc) is 1.01. The first-order valence-corrected chi connectivity index (χ1v) is 45.9. The van der Waals surface area contributed by atoms with Gasteiger partial charge in [0.2, 0.25) is 23.6 Å². The van der Waals surface area contributed by atoms with E-state index in [0.29, 0.717) is 0 Å². The second kappa shape index (κ2) is 32.5. The van der Waals surface area contributed by atoms with Crippen LogP contribution in [-0.4, -0.2) is 95.3 Å². The van der Waals surface area contributed by atoms with Crippen LogP contribution in [0.4, 0.5) is 22.7 Å². The zero-order valence-electron chi connectivity index (χ0n) is 78.1. The van der Waals surface area contributed by atoms with Gasteiger partial charge in [0.05, 0.1) is 43.9 Å². The summed E-state index contributed by atoms with van der Waals surface area (Å²) in [5.41, 5.74) is -13.2. The Morgan fingerprint density at radius 1 is 0.205 bits per heavy atom. The van der Waals surface area contributed by atoms with Crippen molar-refractivity contribution in [1.82, 2.24) is 0 Å². The molecule has 0 atom stereocenters. The van der Waals surface area contributed by atoms with Crippen molar-refractivity contribution in [3.05, 3.63) is 307 Å². The minimum Gasteiger partial charge on any atom is -0.456 e. The normalized spacial score (nSPS) is 19.7. The third-order valence-electron chi connectivity index (χ3n) is 28.1. The van der Waals surface area contributed by atoms with Gasteiger partial charge in [-0.2, -0.15) is 0 Å². The molecule has 12 aromatic carbocycles. The summed E-state index contributed by atoms with van der Waals surface area (Å²) in [6.45, 7) is 9.62. The molecule has 4 bridgehead atoms. The molecule has 4 aliphatic carbocycles. The summed E-state index contributed by atoms with van der Waals surface area (Å²) in [5.74, 6) is -11.5. The molecule has 728 valence electrons. The van der Waals surface area contributed by atoms with Gasteiger partial charge in [0.15, 0.2) is 22.4 Å². The van der Waals surface area contributed by atoms with Crippen LogP contribution in [0.15, 0.2) is 218 Å². The SMILES string of the molecule is CC(=O)Oc1ccc2c(c1)Oc1cc(OC(C)=O)ccc1C21OC(=O)c2cc(NC(=O)C34CC5(C(=O)Nc6ccc7c(c6)C(=O)OC76c7ccc(OC(C)=O)cc7Oc7cc(OC(C)=O)ccc76)CC(C(=O)Nc6ccc7c(c6)C(=O)OC76c7ccc(OC(C)=O)cc7Oc7cc(OC(C)=O)ccc76)(C3)CC(C(=O)Nc3ccc6c(c3)C(=O)OC63c6ccc(OC(C)=O)cc6Oc6cc(OC(C)=O)ccc63)(C4)C5)ccc21. The van der Waals surface area contributed by atoms with Crippen LogP contribution in [0.1, 0.15) is 202 Å². The number of fused-ring (bicyclic) bond motifs is 24. The molecule has 4 amide bonds. The molecule has 36 heteroatoms. The highest BCUT2D eigenvalue weighted by molar-refractivity contribution is 6.10. The lowest BCUT2D eigenvalue weighted by atomic mass is 9.34. The molecule has 146 heavy (non-hydrogen) atoms. The number of esters is 12. The van der Waals surface area contributed by atoms with E-state index >= 15 is 38.4 Å². The van der Waals surface area contributed by atoms with Gasteiger partial charge in [0, 0.05) is 193 Å². The van der Waals surface area contributed by atoms with E-state index in [-0.39, 0.29) is 204 Å². The van der Waals surface area contributed by atoms with E-state index in [9.17, 15) is 38.4 Å². The summed E-state index contributed by atoms with van der Waals surface area (Å²) >= 11 is 0. The molecule has 8 aliphatic heterocycles. The van der Waals surface area contributed by atoms with E-state index in [2.05, 4.69) is 21.3 Å². The first kappa shape index (κ1) is 91.2. The van der Waals surface area contributed by atoms with Gasteiger partial charge in [-0.15, -0.1) is 0 Å². The number of benzene rings is 12. The molecule has 4 saturated carbocycles. The van der Waals surface area contributed by atoms with E-state index in [4.69, 9.17) is 75.8 Å². The van der Waals surface area contributed by atoms with E-state index in [0.717, 1.165) is 0 Å². The number of carbonyl (C=O) groups excluding carboxylic acids is 16. The van der Waals surface area contributed by atoms with Crippen LogP contribution in [0, 0.1) is 21.7 Å². The van der Waals surface area contributed by atoms with Gasteiger partial charge < -0.3 is 97.1 Å². The van der Waals surface area contributed by atoms with Crippen molar-refractivity contribution in [3.8, 4) is 92.0 Å². The third-order valence-corrected chi connectivity index (χ3v) is 28.1. The number of rotatable bonds is 16. The topological polar surface area (TPSA) is 469 Å². The molecule has 4 fully saturated rings. The van der Waals surface area contributed by atoms with Crippen molar-refractivity contribution in [3.63, 3.8) is 0 Å². The molecule has 0 aromatic heterocycles. The Kier molecular flexibility index (Phi) is 20.3. The van der Waals surface area contributed by atoms with E-state index in [1.807, 2.05) is 0 Å². The maximum Gasteiger partial charge on any atom is 0.340 e. The van der Waals surface area contributed by atoms with Gasteiger partial charge in [-0.25, -0.2) is 19.2 Å². The number of amides is 4. The molecule has 36 nitrogen and oxygen atoms in total. The molecule has 4 N–H and O–H groups in total. The lowest BCUT2D eigenvalue weighted by Gasteiger charge is -2.67. The molecular formula is C110H76N4O32. The lowest BCUT2D eigenvalue weighted by Crippen LogP contribution is -2.70. The number of ether oxygens (including phenoxy) is 16. The summed E-state index contributed by atoms with van der Waals surface area (Å²) in [6, 6.07) is 53.1. The van der Waals surface area contributed by atoms with Gasteiger partial charge in [0.1, 0.15) is 92.0 Å². The van der Waals surface area contributed by atoms with Crippen LogP contribution in [0.25, 0.3) is 0 Å². The lowest BCUT2D eigenvalue weighted by molar-refractivity contribution is -0.201. The maximum absolute atomic E-state index is 17.1. The Labute approximate surface area is 824 Å². The molecule has 12 aliphatic rings. The fourth-order valence-electron chi connectivity index (χ4n) is 23.6. The number of carbonyl (C=O) groups is 16. The smallest absolute Gasteiger partial charge is 0.340 e. The second-order valence-corrected chi connectivity index (χ2v) is 37.7. The Morgan fingerprint density at radius 2 is 0.349 bits per heavy atom. The van der Waals surface area contributed by atoms with Gasteiger partial charge in [-0.05, 0) is 184 Å². The molecule has 12 aromatic rings. The molecular weight excluding hydrogens is 1890 g/mol. The highest BCUT2D eigenvalue weighted by Crippen LogP contribution is 2.76. The maximum atomic E-state index is 17.1. The summed E-state index contributed by atoms with van der Waals surface area (Å²) in [6.07, 6.45) is -2.59. The number of anilines is 4. The Balaban J connectivity index is 0.669. The summed E-state index contributed by atoms with van der Waals surface area (Å²) in [5, 5.41) is 12.3. The van der Waals surface area contributed by atoms with Gasteiger partial charge >= 0.3 is 71.6 Å². The van der Waals surface area contributed by atoms with Gasteiger partial charge in [-0.1, -0.05) is 24.3 Å². The van der Waals surface area contributed by atoms with Crippen LogP contribution in [-0.2, 0) is 98.9 Å². The minimum absolute atomic E-state index is 0.0383. The largest absolute Gasteiger partial charge is 0.456 e. The Hall–Kier alpha value is -18.6. The zero-order chi connectivity index (χ0) is 102. The van der Waals surface area contributed by atoms with Crippen molar-refractivity contribution in [2.24, 2.45) is 21.7 Å². The van der Waals surface area contributed by atoms with Crippen molar-refractivity contribution < 1.29 is 153 Å². The average molecular weight is 1970 g/mol. The van der Waals surface area contributed by atoms with E-state index < -0.39 is 178 Å². The Bertz CT molecular complexity index is 6890. The summed E-state index contributed by atoms with van der Waals surface area (Å²) < 4.78 is 95.8. The van der Waals surface area contributed by atoms with Crippen molar-refractivity contribution in [2.45, 2.75) is 116 Å². The van der Waals surface area contributed by atoms with Gasteiger partial charge in [0.25, 0.3) is 0 Å². The number of hydrogen-bond acceptors (Lipinski definition) is 32. The number of nitrogens with one attached hydrogen (secondary N) is 4. The monoisotopic (exact) mass is 1960 g/mol. The van der Waals surface area contributed by atoms with Crippen molar-refractivity contribution >= 4 is 118 Å². The first-order valence-electron chi connectivity index (χ1n) is 45.9. The predicted molar refractivity (Wildman–Crippen MR) is 501 cm³/mol. The molecule has 8 heterocycles. The summed E-state index contributed by atoms with van der Waals surface area (Å²) in [7, 11) is 0.